The number of amides is 2. The summed E-state index contributed by atoms with van der Waals surface area (Å²) in [5.41, 5.74) is 6.89. The van der Waals surface area contributed by atoms with Crippen LogP contribution in [-0.2, 0) is 9.59 Å². The van der Waals surface area contributed by atoms with Crippen molar-refractivity contribution >= 4 is 35.0 Å². The van der Waals surface area contributed by atoms with Gasteiger partial charge in [-0.25, -0.2) is 0 Å². The highest BCUT2D eigenvalue weighted by Gasteiger charge is 2.13. The zero-order valence-electron chi connectivity index (χ0n) is 15.2. The molecule has 0 bridgehead atoms. The van der Waals surface area contributed by atoms with Crippen LogP contribution in [-0.4, -0.2) is 24.9 Å². The number of carbonyl (C=O) groups excluding carboxylic acids is 2. The normalized spacial score (nSPS) is 11.5. The van der Waals surface area contributed by atoms with Gasteiger partial charge in [0.2, 0.25) is 11.8 Å². The predicted molar refractivity (Wildman–Crippen MR) is 108 cm³/mol. The van der Waals surface area contributed by atoms with Gasteiger partial charge in [-0.05, 0) is 35.2 Å². The molecule has 0 aromatic heterocycles. The molecule has 1 unspecified atom stereocenters. The second-order valence-electron chi connectivity index (χ2n) is 6.26. The van der Waals surface area contributed by atoms with E-state index in [-0.39, 0.29) is 30.3 Å². The Morgan fingerprint density at radius 2 is 1.77 bits per heavy atom. The van der Waals surface area contributed by atoms with Crippen molar-refractivity contribution < 1.29 is 9.59 Å². The number of rotatable bonds is 9. The number of carbonyl (C=O) groups is 2. The second kappa shape index (κ2) is 11.5. The van der Waals surface area contributed by atoms with Crippen molar-refractivity contribution in [3.05, 3.63) is 48.0 Å². The van der Waals surface area contributed by atoms with E-state index in [0.29, 0.717) is 19.5 Å². The number of unbranched alkanes of at least 4 members (excludes halogenated alkanes) is 2. The number of benzene rings is 2. The van der Waals surface area contributed by atoms with Crippen molar-refractivity contribution in [3.8, 4) is 0 Å². The summed E-state index contributed by atoms with van der Waals surface area (Å²) in [5.74, 6) is 0.00190. The quantitative estimate of drug-likeness (QED) is 0.587. The number of halogens is 1. The van der Waals surface area contributed by atoms with Gasteiger partial charge >= 0.3 is 0 Å². The first-order chi connectivity index (χ1) is 12.1. The zero-order chi connectivity index (χ0) is 18.1. The van der Waals surface area contributed by atoms with Gasteiger partial charge in [0.05, 0.1) is 6.04 Å². The fourth-order valence-electron chi connectivity index (χ4n) is 2.82. The van der Waals surface area contributed by atoms with Crippen LogP contribution in [0.2, 0.25) is 0 Å². The Labute approximate surface area is 161 Å². The average molecular weight is 378 g/mol. The maximum Gasteiger partial charge on any atom is 0.220 e. The van der Waals surface area contributed by atoms with Crippen LogP contribution in [0.15, 0.2) is 42.5 Å². The Kier molecular flexibility index (Phi) is 9.70. The van der Waals surface area contributed by atoms with Gasteiger partial charge in [-0.2, -0.15) is 0 Å². The number of hydrogen-bond donors (Lipinski definition) is 3. The van der Waals surface area contributed by atoms with E-state index >= 15 is 0 Å². The maximum absolute atomic E-state index is 12.2. The third-order valence-electron chi connectivity index (χ3n) is 4.20. The fraction of sp³-hybridized carbons (Fsp3) is 0.400. The van der Waals surface area contributed by atoms with E-state index in [9.17, 15) is 9.59 Å². The molecule has 0 heterocycles. The zero-order valence-corrected chi connectivity index (χ0v) is 16.0. The summed E-state index contributed by atoms with van der Waals surface area (Å²) in [4.78, 5) is 22.9. The maximum atomic E-state index is 12.2. The van der Waals surface area contributed by atoms with Crippen molar-refractivity contribution in [1.82, 2.24) is 10.6 Å². The van der Waals surface area contributed by atoms with Crippen molar-refractivity contribution in [2.75, 3.05) is 13.1 Å². The van der Waals surface area contributed by atoms with Crippen LogP contribution in [0.4, 0.5) is 0 Å². The molecule has 0 aliphatic rings. The van der Waals surface area contributed by atoms with Crippen molar-refractivity contribution in [2.24, 2.45) is 5.73 Å². The summed E-state index contributed by atoms with van der Waals surface area (Å²) >= 11 is 0. The molecule has 0 saturated carbocycles. The monoisotopic (exact) mass is 377 g/mol. The Balaban J connectivity index is 0.00000338. The highest BCUT2D eigenvalue weighted by Crippen LogP contribution is 2.20. The highest BCUT2D eigenvalue weighted by molar-refractivity contribution is 5.85. The lowest BCUT2D eigenvalue weighted by molar-refractivity contribution is -0.122. The van der Waals surface area contributed by atoms with Gasteiger partial charge in [-0.15, -0.1) is 12.4 Å². The first-order valence-corrected chi connectivity index (χ1v) is 8.82. The van der Waals surface area contributed by atoms with Gasteiger partial charge in [-0.1, -0.05) is 42.8 Å². The molecule has 142 valence electrons. The van der Waals surface area contributed by atoms with Gasteiger partial charge in [0.15, 0.2) is 0 Å². The van der Waals surface area contributed by atoms with Crippen molar-refractivity contribution in [2.45, 2.75) is 38.6 Å². The van der Waals surface area contributed by atoms with Crippen LogP contribution in [0, 0.1) is 0 Å². The highest BCUT2D eigenvalue weighted by atomic mass is 35.5. The number of nitrogens with one attached hydrogen (secondary N) is 2. The minimum absolute atomic E-state index is 0. The number of hydrogen-bond acceptors (Lipinski definition) is 3. The molecule has 0 radical (unpaired) electrons. The summed E-state index contributed by atoms with van der Waals surface area (Å²) in [6.45, 7) is 2.54. The molecule has 26 heavy (non-hydrogen) atoms. The Morgan fingerprint density at radius 3 is 2.46 bits per heavy atom. The molecule has 2 aromatic carbocycles. The second-order valence-corrected chi connectivity index (χ2v) is 6.26. The molecule has 0 saturated heterocycles. The molecule has 1 atom stereocenters. The van der Waals surface area contributed by atoms with E-state index < -0.39 is 0 Å². The van der Waals surface area contributed by atoms with Crippen LogP contribution in [0.5, 0.6) is 0 Å². The third-order valence-corrected chi connectivity index (χ3v) is 4.20. The third kappa shape index (κ3) is 7.02. The fourth-order valence-corrected chi connectivity index (χ4v) is 2.82. The van der Waals surface area contributed by atoms with Crippen LogP contribution in [0.25, 0.3) is 10.8 Å². The molecular formula is C20H28ClN3O2. The summed E-state index contributed by atoms with van der Waals surface area (Å²) in [7, 11) is 0. The van der Waals surface area contributed by atoms with E-state index in [1.807, 2.05) is 18.2 Å². The lowest BCUT2D eigenvalue weighted by Crippen LogP contribution is -2.33. The van der Waals surface area contributed by atoms with Crippen molar-refractivity contribution in [1.29, 1.82) is 0 Å². The predicted octanol–water partition coefficient (Wildman–Crippen LogP) is 3.07. The first-order valence-electron chi connectivity index (χ1n) is 8.82. The Bertz CT molecular complexity index is 721. The molecule has 6 heteroatoms. The summed E-state index contributed by atoms with van der Waals surface area (Å²) in [6.07, 6.45) is 3.08. The summed E-state index contributed by atoms with van der Waals surface area (Å²) in [5, 5.41) is 8.10. The molecule has 2 aromatic rings. The number of nitrogens with two attached hydrogens (primary N) is 1. The molecule has 4 N–H and O–H groups in total. The van der Waals surface area contributed by atoms with E-state index in [1.165, 1.54) is 12.3 Å². The summed E-state index contributed by atoms with van der Waals surface area (Å²) < 4.78 is 0. The average Bonchev–Trinajstić information content (AvgIpc) is 2.62. The molecule has 5 nitrogen and oxygen atoms in total. The molecule has 0 aliphatic heterocycles. The largest absolute Gasteiger partial charge is 0.356 e. The van der Waals surface area contributed by atoms with Gasteiger partial charge in [-0.3, -0.25) is 9.59 Å². The first kappa shape index (κ1) is 21.9. The van der Waals surface area contributed by atoms with Crippen LogP contribution in [0.3, 0.4) is 0 Å². The smallest absolute Gasteiger partial charge is 0.220 e. The van der Waals surface area contributed by atoms with Crippen LogP contribution < -0.4 is 16.4 Å². The van der Waals surface area contributed by atoms with E-state index in [1.54, 1.807) is 0 Å². The molecule has 0 fully saturated rings. The standard InChI is InChI=1S/C20H27N3O2.ClH/c1-15(24)22-12-6-2-3-9-20(25)23-19(14-21)18-11-10-16-7-4-5-8-17(16)13-18;/h4-5,7-8,10-11,13,19H,2-3,6,9,12,14,21H2,1H3,(H,22,24)(H,23,25);1H. The topological polar surface area (TPSA) is 84.2 Å². The van der Waals surface area contributed by atoms with Gasteiger partial charge in [0.1, 0.15) is 0 Å². The van der Waals surface area contributed by atoms with Gasteiger partial charge in [0, 0.05) is 26.4 Å². The Hall–Kier alpha value is -2.11. The molecule has 0 aliphatic carbocycles. The lowest BCUT2D eigenvalue weighted by Gasteiger charge is -2.18. The van der Waals surface area contributed by atoms with E-state index in [4.69, 9.17) is 5.73 Å². The van der Waals surface area contributed by atoms with Crippen molar-refractivity contribution in [3.63, 3.8) is 0 Å². The summed E-state index contributed by atoms with van der Waals surface area (Å²) in [6, 6.07) is 14.1. The van der Waals surface area contributed by atoms with Gasteiger partial charge < -0.3 is 16.4 Å². The number of fused-ring (bicyclic) bond motifs is 1. The van der Waals surface area contributed by atoms with Crippen LogP contribution in [0.1, 0.15) is 44.2 Å². The van der Waals surface area contributed by atoms with Crippen LogP contribution >= 0.6 is 12.4 Å². The minimum atomic E-state index is -0.170. The minimum Gasteiger partial charge on any atom is -0.356 e. The SMILES string of the molecule is CC(=O)NCCCCCC(=O)NC(CN)c1ccc2ccccc2c1.Cl. The lowest BCUT2D eigenvalue weighted by atomic mass is 10.0. The van der Waals surface area contributed by atoms with E-state index in [2.05, 4.69) is 34.9 Å². The Morgan fingerprint density at radius 1 is 1.04 bits per heavy atom. The van der Waals surface area contributed by atoms with E-state index in [0.717, 1.165) is 30.2 Å². The molecule has 2 rings (SSSR count). The molecule has 0 spiro atoms. The molecular weight excluding hydrogens is 350 g/mol. The molecule has 2 amide bonds. The van der Waals surface area contributed by atoms with Gasteiger partial charge in [0.25, 0.3) is 0 Å².